The highest BCUT2D eigenvalue weighted by atomic mass is 16.3. The molecule has 1 fully saturated rings. The first-order chi connectivity index (χ1) is 7.81. The van der Waals surface area contributed by atoms with Crippen molar-refractivity contribution in [2.45, 2.75) is 45.6 Å². The summed E-state index contributed by atoms with van der Waals surface area (Å²) < 4.78 is 0. The Morgan fingerprint density at radius 1 is 1.38 bits per heavy atom. The minimum absolute atomic E-state index is 0.324. The summed E-state index contributed by atoms with van der Waals surface area (Å²) in [6.07, 6.45) is 4.67. The molecule has 2 atom stereocenters. The molecule has 0 amide bonds. The van der Waals surface area contributed by atoms with E-state index in [0.717, 1.165) is 31.5 Å². The second-order valence-corrected chi connectivity index (χ2v) is 4.90. The maximum absolute atomic E-state index is 8.85. The molecule has 1 heterocycles. The number of hydrogen-bond acceptors (Lipinski definition) is 3. The molecule has 1 aliphatic rings. The lowest BCUT2D eigenvalue weighted by Gasteiger charge is -2.38. The second-order valence-electron chi connectivity index (χ2n) is 4.90. The summed E-state index contributed by atoms with van der Waals surface area (Å²) >= 11 is 0. The van der Waals surface area contributed by atoms with Crippen LogP contribution in [0.4, 0.5) is 0 Å². The number of rotatable bonds is 7. The van der Waals surface area contributed by atoms with E-state index in [1.807, 2.05) is 0 Å². The van der Waals surface area contributed by atoms with Crippen LogP contribution < -0.4 is 5.32 Å². The minimum Gasteiger partial charge on any atom is -0.396 e. The number of nitrogens with zero attached hydrogens (tertiary/aromatic N) is 1. The van der Waals surface area contributed by atoms with Crippen molar-refractivity contribution in [2.75, 3.05) is 32.8 Å². The zero-order valence-electron chi connectivity index (χ0n) is 10.9. The smallest absolute Gasteiger partial charge is 0.0443 e. The average molecular weight is 228 g/mol. The Kier molecular flexibility index (Phi) is 7.01. The van der Waals surface area contributed by atoms with Crippen LogP contribution in [-0.4, -0.2) is 48.8 Å². The molecule has 0 radical (unpaired) electrons. The highest BCUT2D eigenvalue weighted by Crippen LogP contribution is 2.20. The molecule has 0 bridgehead atoms. The molecular formula is C13H28N2O. The lowest BCUT2D eigenvalue weighted by atomic mass is 9.89. The van der Waals surface area contributed by atoms with Crippen LogP contribution in [0.15, 0.2) is 0 Å². The second kappa shape index (κ2) is 8.04. The van der Waals surface area contributed by atoms with Crippen molar-refractivity contribution in [2.24, 2.45) is 5.92 Å². The number of aliphatic hydroxyl groups is 1. The first kappa shape index (κ1) is 13.9. The number of hydrogen-bond donors (Lipinski definition) is 2. The molecule has 3 nitrogen and oxygen atoms in total. The molecular weight excluding hydrogens is 200 g/mol. The van der Waals surface area contributed by atoms with E-state index in [9.17, 15) is 0 Å². The fourth-order valence-corrected chi connectivity index (χ4v) is 2.62. The van der Waals surface area contributed by atoms with E-state index in [1.54, 1.807) is 0 Å². The SMILES string of the molecule is CCCNC1CCN(CCCO)CC1CC. The van der Waals surface area contributed by atoms with E-state index >= 15 is 0 Å². The normalized spacial score (nSPS) is 27.2. The van der Waals surface area contributed by atoms with Crippen LogP contribution in [0, 0.1) is 5.92 Å². The number of piperidine rings is 1. The van der Waals surface area contributed by atoms with Gasteiger partial charge in [-0.15, -0.1) is 0 Å². The van der Waals surface area contributed by atoms with Crippen LogP contribution in [0.3, 0.4) is 0 Å². The molecule has 0 saturated carbocycles. The standard InChI is InChI=1S/C13H28N2O/c1-3-7-14-13-6-9-15(8-5-10-16)11-12(13)4-2/h12-14,16H,3-11H2,1-2H3. The highest BCUT2D eigenvalue weighted by molar-refractivity contribution is 4.84. The molecule has 0 aromatic carbocycles. The van der Waals surface area contributed by atoms with Gasteiger partial charge in [-0.05, 0) is 38.3 Å². The van der Waals surface area contributed by atoms with Gasteiger partial charge in [0.15, 0.2) is 0 Å². The van der Waals surface area contributed by atoms with Gasteiger partial charge in [0.2, 0.25) is 0 Å². The molecule has 1 aliphatic heterocycles. The first-order valence-corrected chi connectivity index (χ1v) is 6.88. The van der Waals surface area contributed by atoms with E-state index in [1.165, 1.54) is 32.4 Å². The van der Waals surface area contributed by atoms with Crippen LogP contribution in [0.1, 0.15) is 39.5 Å². The molecule has 0 aromatic heterocycles. The predicted molar refractivity (Wildman–Crippen MR) is 68.6 cm³/mol. The van der Waals surface area contributed by atoms with Gasteiger partial charge in [0, 0.05) is 25.7 Å². The summed E-state index contributed by atoms with van der Waals surface area (Å²) in [5, 5.41) is 12.5. The largest absolute Gasteiger partial charge is 0.396 e. The van der Waals surface area contributed by atoms with Crippen LogP contribution in [0.2, 0.25) is 0 Å². The van der Waals surface area contributed by atoms with Crippen LogP contribution >= 0.6 is 0 Å². The van der Waals surface area contributed by atoms with E-state index in [-0.39, 0.29) is 0 Å². The molecule has 0 aromatic rings. The Labute approximate surface area is 100 Å². The van der Waals surface area contributed by atoms with Crippen LogP contribution in [-0.2, 0) is 0 Å². The van der Waals surface area contributed by atoms with Crippen molar-refractivity contribution in [1.82, 2.24) is 10.2 Å². The summed E-state index contributed by atoms with van der Waals surface area (Å²) in [5.74, 6) is 0.791. The third kappa shape index (κ3) is 4.40. The monoisotopic (exact) mass is 228 g/mol. The topological polar surface area (TPSA) is 35.5 Å². The van der Waals surface area contributed by atoms with Gasteiger partial charge in [-0.1, -0.05) is 20.3 Å². The fourth-order valence-electron chi connectivity index (χ4n) is 2.62. The predicted octanol–water partition coefficient (Wildman–Crippen LogP) is 1.47. The van der Waals surface area contributed by atoms with Gasteiger partial charge < -0.3 is 15.3 Å². The number of likely N-dealkylation sites (tertiary alicyclic amines) is 1. The van der Waals surface area contributed by atoms with Crippen molar-refractivity contribution in [3.63, 3.8) is 0 Å². The van der Waals surface area contributed by atoms with Gasteiger partial charge in [-0.3, -0.25) is 0 Å². The average Bonchev–Trinajstić information content (AvgIpc) is 2.34. The Bertz CT molecular complexity index is 175. The van der Waals surface area contributed by atoms with Crippen LogP contribution in [0.5, 0.6) is 0 Å². The molecule has 1 rings (SSSR count). The van der Waals surface area contributed by atoms with Gasteiger partial charge in [0.05, 0.1) is 0 Å². The van der Waals surface area contributed by atoms with E-state index in [0.29, 0.717) is 6.61 Å². The summed E-state index contributed by atoms with van der Waals surface area (Å²) in [6.45, 7) is 9.46. The molecule has 0 aliphatic carbocycles. The summed E-state index contributed by atoms with van der Waals surface area (Å²) in [6, 6.07) is 0.718. The van der Waals surface area contributed by atoms with Crippen molar-refractivity contribution in [3.05, 3.63) is 0 Å². The lowest BCUT2D eigenvalue weighted by Crippen LogP contribution is -2.49. The lowest BCUT2D eigenvalue weighted by molar-refractivity contribution is 0.126. The summed E-state index contributed by atoms with van der Waals surface area (Å²) in [7, 11) is 0. The van der Waals surface area contributed by atoms with Gasteiger partial charge in [-0.2, -0.15) is 0 Å². The number of nitrogens with one attached hydrogen (secondary N) is 1. The summed E-state index contributed by atoms with van der Waals surface area (Å²) in [4.78, 5) is 2.51. The quantitative estimate of drug-likeness (QED) is 0.692. The van der Waals surface area contributed by atoms with E-state index in [2.05, 4.69) is 24.1 Å². The highest BCUT2D eigenvalue weighted by Gasteiger charge is 2.26. The van der Waals surface area contributed by atoms with Crippen molar-refractivity contribution in [1.29, 1.82) is 0 Å². The Morgan fingerprint density at radius 3 is 2.81 bits per heavy atom. The number of aliphatic hydroxyl groups excluding tert-OH is 1. The van der Waals surface area contributed by atoms with Crippen molar-refractivity contribution >= 4 is 0 Å². The first-order valence-electron chi connectivity index (χ1n) is 6.88. The zero-order valence-corrected chi connectivity index (χ0v) is 10.9. The maximum atomic E-state index is 8.85. The van der Waals surface area contributed by atoms with Gasteiger partial charge in [0.1, 0.15) is 0 Å². The molecule has 96 valence electrons. The maximum Gasteiger partial charge on any atom is 0.0443 e. The molecule has 1 saturated heterocycles. The van der Waals surface area contributed by atoms with Crippen molar-refractivity contribution in [3.8, 4) is 0 Å². The third-order valence-electron chi connectivity index (χ3n) is 3.63. The van der Waals surface area contributed by atoms with Gasteiger partial charge in [-0.25, -0.2) is 0 Å². The molecule has 0 spiro atoms. The molecule has 2 N–H and O–H groups in total. The zero-order chi connectivity index (χ0) is 11.8. The van der Waals surface area contributed by atoms with Crippen molar-refractivity contribution < 1.29 is 5.11 Å². The summed E-state index contributed by atoms with van der Waals surface area (Å²) in [5.41, 5.74) is 0. The van der Waals surface area contributed by atoms with Crippen LogP contribution in [0.25, 0.3) is 0 Å². The van der Waals surface area contributed by atoms with E-state index in [4.69, 9.17) is 5.11 Å². The minimum atomic E-state index is 0.324. The van der Waals surface area contributed by atoms with Gasteiger partial charge >= 0.3 is 0 Å². The molecule has 2 unspecified atom stereocenters. The Morgan fingerprint density at radius 2 is 2.19 bits per heavy atom. The molecule has 3 heteroatoms. The Hall–Kier alpha value is -0.120. The fraction of sp³-hybridized carbons (Fsp3) is 1.00. The van der Waals surface area contributed by atoms with E-state index < -0.39 is 0 Å². The Balaban J connectivity index is 2.31. The van der Waals surface area contributed by atoms with Gasteiger partial charge in [0.25, 0.3) is 0 Å². The third-order valence-corrected chi connectivity index (χ3v) is 3.63. The molecule has 16 heavy (non-hydrogen) atoms.